The standard InChI is InChI=1S/C46H54N4O9S2/c1-46(2,60-61(7)54)30-59-45(53)50(28-34-23-32-16-10-11-17-37(32)48(34)4)39-27-43(40(55-5)24-33(39)29-51)58-22-14-8-13-21-57-42-26-36(47-3)35(25-41(42)56-6)44(52)49-20-19-31-15-9-12-18-38(31)49/h9-12,15-18,24-27,29,34H,3,8,13-14,19-23,28,30H2,1-2,4-7H3. The fourth-order valence-electron chi connectivity index (χ4n) is 7.67. The molecule has 0 saturated carbocycles. The highest BCUT2D eigenvalue weighted by molar-refractivity contribution is 8.72. The Morgan fingerprint density at radius 1 is 0.934 bits per heavy atom. The van der Waals surface area contributed by atoms with E-state index in [9.17, 15) is 18.9 Å². The molecule has 13 nitrogen and oxygen atoms in total. The highest BCUT2D eigenvalue weighted by atomic mass is 33.1. The third-order valence-electron chi connectivity index (χ3n) is 10.7. The second-order valence-corrected chi connectivity index (χ2v) is 19.4. The summed E-state index contributed by atoms with van der Waals surface area (Å²) in [6.45, 7) is 8.95. The number of fused-ring (bicyclic) bond motifs is 2. The van der Waals surface area contributed by atoms with Crippen molar-refractivity contribution in [2.45, 2.75) is 56.7 Å². The minimum atomic E-state index is -1.17. The number of carbonyl (C=O) groups excluding carboxylic acids is 3. The van der Waals surface area contributed by atoms with Gasteiger partial charge in [-0.15, -0.1) is 0 Å². The van der Waals surface area contributed by atoms with Gasteiger partial charge in [0, 0.05) is 59.4 Å². The zero-order valence-electron chi connectivity index (χ0n) is 35.6. The number of nitrogens with zero attached hydrogens (tertiary/aromatic N) is 4. The number of aldehydes is 1. The van der Waals surface area contributed by atoms with Crippen LogP contribution in [0.5, 0.6) is 23.0 Å². The molecule has 15 heteroatoms. The lowest BCUT2D eigenvalue weighted by Gasteiger charge is -2.31. The molecule has 2 aliphatic heterocycles. The molecule has 0 spiro atoms. The first-order valence-electron chi connectivity index (χ1n) is 20.2. The Morgan fingerprint density at radius 2 is 1.57 bits per heavy atom. The molecule has 0 N–H and O–H groups in total. The molecule has 0 fully saturated rings. The minimum absolute atomic E-state index is 0.00518. The summed E-state index contributed by atoms with van der Waals surface area (Å²) in [5.74, 6) is 1.44. The summed E-state index contributed by atoms with van der Waals surface area (Å²) in [7, 11) is 5.07. The Balaban J connectivity index is 1.10. The summed E-state index contributed by atoms with van der Waals surface area (Å²) >= 11 is 0. The monoisotopic (exact) mass is 870 g/mol. The van der Waals surface area contributed by atoms with E-state index in [0.717, 1.165) is 35.3 Å². The molecule has 0 aromatic heterocycles. The van der Waals surface area contributed by atoms with Crippen molar-refractivity contribution in [3.63, 3.8) is 0 Å². The minimum Gasteiger partial charge on any atom is -0.605 e. The molecule has 6 rings (SSSR count). The molecule has 2 atom stereocenters. The second kappa shape index (κ2) is 20.5. The summed E-state index contributed by atoms with van der Waals surface area (Å²) in [4.78, 5) is 49.8. The highest BCUT2D eigenvalue weighted by Gasteiger charge is 2.35. The van der Waals surface area contributed by atoms with Gasteiger partial charge in [0.15, 0.2) is 29.3 Å². The first-order valence-corrected chi connectivity index (χ1v) is 23.1. The maximum absolute atomic E-state index is 14.0. The molecule has 0 aliphatic carbocycles. The molecule has 61 heavy (non-hydrogen) atoms. The Morgan fingerprint density at radius 3 is 2.21 bits per heavy atom. The molecule has 0 saturated heterocycles. The largest absolute Gasteiger partial charge is 0.605 e. The van der Waals surface area contributed by atoms with Crippen LogP contribution in [0, 0.1) is 0 Å². The molecule has 2 aliphatic rings. The van der Waals surface area contributed by atoms with Crippen molar-refractivity contribution in [1.29, 1.82) is 0 Å². The molecule has 4 aromatic rings. The van der Waals surface area contributed by atoms with Crippen molar-refractivity contribution in [2.24, 2.45) is 4.99 Å². The van der Waals surface area contributed by atoms with Crippen LogP contribution in [0.2, 0.25) is 0 Å². The van der Waals surface area contributed by atoms with E-state index in [0.29, 0.717) is 85.2 Å². The van der Waals surface area contributed by atoms with Crippen molar-refractivity contribution < 1.29 is 42.6 Å². The molecule has 2 unspecified atom stereocenters. The zero-order valence-corrected chi connectivity index (χ0v) is 37.3. The maximum Gasteiger partial charge on any atom is 0.414 e. The topological polar surface area (TPSA) is 143 Å². The van der Waals surface area contributed by atoms with Crippen molar-refractivity contribution in [3.05, 3.63) is 95.1 Å². The fourth-order valence-corrected chi connectivity index (χ4v) is 10.5. The number of methoxy groups -OCH3 is 2. The lowest BCUT2D eigenvalue weighted by molar-refractivity contribution is 0.0989. The van der Waals surface area contributed by atoms with Crippen molar-refractivity contribution >= 4 is 68.8 Å². The van der Waals surface area contributed by atoms with E-state index < -0.39 is 21.0 Å². The normalized spacial score (nSPS) is 14.8. The smallest absolute Gasteiger partial charge is 0.414 e. The van der Waals surface area contributed by atoms with Gasteiger partial charge < -0.3 is 38.0 Å². The number of unbranched alkanes of at least 4 members (excludes halogenated alkanes) is 2. The highest BCUT2D eigenvalue weighted by Crippen LogP contribution is 2.40. The van der Waals surface area contributed by atoms with Gasteiger partial charge in [0.25, 0.3) is 5.91 Å². The van der Waals surface area contributed by atoms with E-state index in [1.54, 1.807) is 35.4 Å². The second-order valence-electron chi connectivity index (χ2n) is 15.5. The van der Waals surface area contributed by atoms with E-state index in [2.05, 4.69) is 22.7 Å². The van der Waals surface area contributed by atoms with E-state index in [1.165, 1.54) is 29.9 Å². The number of likely N-dealkylation sites (N-methyl/N-ethyl adjacent to an activating group) is 1. The third kappa shape index (κ3) is 10.7. The number of benzene rings is 4. The Bertz CT molecular complexity index is 2220. The fraction of sp³-hybridized carbons (Fsp3) is 0.391. The summed E-state index contributed by atoms with van der Waals surface area (Å²) in [5, 5.41) is 0. The Labute approximate surface area is 364 Å². The van der Waals surface area contributed by atoms with Crippen molar-refractivity contribution in [3.8, 4) is 23.0 Å². The summed E-state index contributed by atoms with van der Waals surface area (Å²) < 4.78 is 40.9. The molecule has 2 heterocycles. The van der Waals surface area contributed by atoms with Crippen LogP contribution in [-0.2, 0) is 27.8 Å². The molecule has 0 bridgehead atoms. The van der Waals surface area contributed by atoms with E-state index in [-0.39, 0.29) is 30.7 Å². The predicted octanol–water partition coefficient (Wildman–Crippen LogP) is 8.49. The van der Waals surface area contributed by atoms with Gasteiger partial charge in [0.05, 0.1) is 66.0 Å². The SMILES string of the molecule is C=Nc1cc(OCCCCCOc2cc(N(CC3Cc4ccccc4N3C)C(=O)OCC(C)(C)S[S+](C)[O-])c(C=O)cc2OC)c(OC)cc1C(=O)N1CCc2ccccc21. The van der Waals surface area contributed by atoms with Gasteiger partial charge in [-0.1, -0.05) is 36.4 Å². The van der Waals surface area contributed by atoms with Crippen LogP contribution in [-0.4, -0.2) is 101 Å². The zero-order chi connectivity index (χ0) is 43.7. The van der Waals surface area contributed by atoms with Crippen molar-refractivity contribution in [1.82, 2.24) is 0 Å². The summed E-state index contributed by atoms with van der Waals surface area (Å²) in [5.41, 5.74) is 5.64. The van der Waals surface area contributed by atoms with E-state index >= 15 is 0 Å². The van der Waals surface area contributed by atoms with E-state index in [4.69, 9.17) is 23.7 Å². The lowest BCUT2D eigenvalue weighted by atomic mass is 10.1. The van der Waals surface area contributed by atoms with Crippen LogP contribution in [0.4, 0.5) is 27.5 Å². The van der Waals surface area contributed by atoms with Gasteiger partial charge in [-0.3, -0.25) is 19.5 Å². The van der Waals surface area contributed by atoms with Gasteiger partial charge in [0.1, 0.15) is 12.9 Å². The number of amides is 2. The van der Waals surface area contributed by atoms with Crippen molar-refractivity contribution in [2.75, 3.05) is 75.1 Å². The number of hydrogen-bond donors (Lipinski definition) is 0. The van der Waals surface area contributed by atoms with Crippen LogP contribution in [0.25, 0.3) is 0 Å². The summed E-state index contributed by atoms with van der Waals surface area (Å²) in [6.07, 6.45) is 5.25. The average Bonchev–Trinajstić information content (AvgIpc) is 3.83. The molecular formula is C46H54N4O9S2. The predicted molar refractivity (Wildman–Crippen MR) is 244 cm³/mol. The molecular weight excluding hydrogens is 817 g/mol. The van der Waals surface area contributed by atoms with Gasteiger partial charge in [-0.2, -0.15) is 0 Å². The number of carbonyl (C=O) groups is 3. The molecule has 324 valence electrons. The quantitative estimate of drug-likeness (QED) is 0.0278. The van der Waals surface area contributed by atoms with Gasteiger partial charge in [-0.05, 0) is 88.1 Å². The Hall–Kier alpha value is -5.38. The van der Waals surface area contributed by atoms with Crippen LogP contribution >= 0.6 is 10.8 Å². The lowest BCUT2D eigenvalue weighted by Crippen LogP contribution is -2.45. The number of aliphatic imine (C=N–C) groups is 1. The van der Waals surface area contributed by atoms with E-state index in [1.807, 2.05) is 63.4 Å². The third-order valence-corrected chi connectivity index (χ3v) is 13.6. The number of anilines is 3. The van der Waals surface area contributed by atoms with Crippen LogP contribution < -0.4 is 33.6 Å². The van der Waals surface area contributed by atoms with Gasteiger partial charge in [0.2, 0.25) is 0 Å². The summed E-state index contributed by atoms with van der Waals surface area (Å²) in [6, 6.07) is 22.5. The number of ether oxygens (including phenoxy) is 5. The maximum atomic E-state index is 14.0. The van der Waals surface area contributed by atoms with Gasteiger partial charge >= 0.3 is 6.09 Å². The number of para-hydroxylation sites is 2. The number of hydrogen-bond acceptors (Lipinski definition) is 12. The van der Waals surface area contributed by atoms with Crippen LogP contribution in [0.1, 0.15) is 65.0 Å². The molecule has 0 radical (unpaired) electrons. The first-order chi connectivity index (χ1) is 29.4. The number of rotatable bonds is 20. The van der Waals surface area contributed by atoms with Crippen LogP contribution in [0.3, 0.4) is 0 Å². The van der Waals surface area contributed by atoms with Crippen LogP contribution in [0.15, 0.2) is 77.8 Å². The molecule has 2 amide bonds. The van der Waals surface area contributed by atoms with Gasteiger partial charge in [-0.25, -0.2) is 4.79 Å². The Kier molecular flexibility index (Phi) is 15.1. The molecule has 4 aromatic carbocycles. The average molecular weight is 871 g/mol. The first kappa shape index (κ1) is 45.2.